The van der Waals surface area contributed by atoms with Gasteiger partial charge < -0.3 is 10.2 Å². The van der Waals surface area contributed by atoms with E-state index in [2.05, 4.69) is 28.3 Å². The maximum absolute atomic E-state index is 13.7. The predicted molar refractivity (Wildman–Crippen MR) is 133 cm³/mol. The largest absolute Gasteiger partial charge is 0.341 e. The van der Waals surface area contributed by atoms with E-state index in [1.807, 2.05) is 0 Å². The van der Waals surface area contributed by atoms with Gasteiger partial charge in [0.25, 0.3) is 10.0 Å². The fourth-order valence-electron chi connectivity index (χ4n) is 5.16. The molecule has 1 amide bonds. The summed E-state index contributed by atoms with van der Waals surface area (Å²) in [5, 5.41) is 2.90. The van der Waals surface area contributed by atoms with Crippen LogP contribution < -0.4 is 10.0 Å². The average molecular weight is 525 g/mol. The van der Waals surface area contributed by atoms with Gasteiger partial charge in [0.1, 0.15) is 10.7 Å². The zero-order valence-corrected chi connectivity index (χ0v) is 21.8. The molecular weight excluding hydrogens is 492 g/mol. The summed E-state index contributed by atoms with van der Waals surface area (Å²) in [7, 11) is -7.89. The number of likely N-dealkylation sites (tertiary alicyclic amines) is 1. The van der Waals surface area contributed by atoms with Crippen LogP contribution in [-0.4, -0.2) is 58.1 Å². The molecule has 2 heterocycles. The number of ketones is 1. The van der Waals surface area contributed by atoms with Crippen molar-refractivity contribution >= 4 is 48.9 Å². The highest BCUT2D eigenvalue weighted by atomic mass is 32.2. The van der Waals surface area contributed by atoms with E-state index in [1.54, 1.807) is 4.90 Å². The Bertz CT molecular complexity index is 1270. The minimum Gasteiger partial charge on any atom is -0.341 e. The Hall–Kier alpha value is -2.47. The molecule has 1 aliphatic carbocycles. The molecule has 4 rings (SSSR count). The van der Waals surface area contributed by atoms with Crippen molar-refractivity contribution in [2.24, 2.45) is 22.2 Å². The molecule has 35 heavy (non-hydrogen) atoms. The quantitative estimate of drug-likeness (QED) is 0.545. The lowest BCUT2D eigenvalue weighted by Gasteiger charge is -2.43. The van der Waals surface area contributed by atoms with Crippen LogP contribution in [0.2, 0.25) is 0 Å². The van der Waals surface area contributed by atoms with Gasteiger partial charge in [-0.25, -0.2) is 8.42 Å². The van der Waals surface area contributed by atoms with Gasteiger partial charge in [0.2, 0.25) is 15.9 Å². The summed E-state index contributed by atoms with van der Waals surface area (Å²) < 4.78 is 55.3. The number of carbonyl (C=O) groups excluding carboxylic acids is 2. The van der Waals surface area contributed by atoms with Crippen molar-refractivity contribution in [3.05, 3.63) is 18.2 Å². The zero-order valence-electron chi connectivity index (χ0n) is 20.2. The first-order chi connectivity index (χ1) is 16.4. The second kappa shape index (κ2) is 9.53. The molecule has 0 radical (unpaired) electrons. The minimum absolute atomic E-state index is 0.0706. The van der Waals surface area contributed by atoms with Gasteiger partial charge in [0.15, 0.2) is 11.7 Å². The molecule has 3 atom stereocenters. The molecule has 2 fully saturated rings. The maximum atomic E-state index is 13.7. The van der Waals surface area contributed by atoms with Crippen LogP contribution in [0, 0.1) is 17.8 Å². The summed E-state index contributed by atoms with van der Waals surface area (Å²) in [4.78, 5) is 28.8. The Balaban J connectivity index is 1.70. The molecule has 12 heteroatoms. The number of benzene rings is 1. The van der Waals surface area contributed by atoms with Crippen LogP contribution in [-0.2, 0) is 29.6 Å². The van der Waals surface area contributed by atoms with Crippen LogP contribution in [0.1, 0.15) is 52.4 Å². The van der Waals surface area contributed by atoms with Crippen molar-refractivity contribution in [3.63, 3.8) is 0 Å². The number of rotatable bonds is 6. The lowest BCUT2D eigenvalue weighted by molar-refractivity contribution is -0.150. The summed E-state index contributed by atoms with van der Waals surface area (Å²) in [5.41, 5.74) is 0.215. The third-order valence-electron chi connectivity index (χ3n) is 6.82. The average Bonchev–Trinajstić information content (AvgIpc) is 2.99. The first-order valence-electron chi connectivity index (χ1n) is 12.0. The molecule has 2 aliphatic heterocycles. The second-order valence-electron chi connectivity index (χ2n) is 10.0. The number of anilines is 2. The number of piperidine rings is 1. The Kier molecular flexibility index (Phi) is 6.98. The van der Waals surface area contributed by atoms with Crippen molar-refractivity contribution in [2.75, 3.05) is 22.8 Å². The monoisotopic (exact) mass is 524 g/mol. The third-order valence-corrected chi connectivity index (χ3v) is 8.76. The molecule has 3 aliphatic rings. The van der Waals surface area contributed by atoms with Crippen LogP contribution in [0.3, 0.4) is 0 Å². The SMILES string of the molecule is CC(C)CCN1C(=O)C(C2=NS(=O)(=O)c3cc(NS(C)(=O)=O)ccc3N2)C(=O)C2CCCCCC21. The number of carbonyl (C=O) groups is 2. The summed E-state index contributed by atoms with van der Waals surface area (Å²) in [6.07, 6.45) is 6.03. The van der Waals surface area contributed by atoms with Crippen molar-refractivity contribution in [2.45, 2.75) is 63.3 Å². The minimum atomic E-state index is -4.28. The molecule has 2 N–H and O–H groups in total. The van der Waals surface area contributed by atoms with E-state index >= 15 is 0 Å². The fourth-order valence-corrected chi connectivity index (χ4v) is 6.90. The van der Waals surface area contributed by atoms with Gasteiger partial charge in [-0.2, -0.15) is 8.42 Å². The number of sulfonamides is 2. The van der Waals surface area contributed by atoms with Crippen LogP contribution in [0.15, 0.2) is 27.5 Å². The second-order valence-corrected chi connectivity index (χ2v) is 13.3. The fraction of sp³-hybridized carbons (Fsp3) is 0.609. The molecule has 3 unspecified atom stereocenters. The highest BCUT2D eigenvalue weighted by Gasteiger charge is 2.50. The Labute approximate surface area is 206 Å². The van der Waals surface area contributed by atoms with Crippen molar-refractivity contribution in [1.29, 1.82) is 0 Å². The number of hydrogen-bond acceptors (Lipinski definition) is 7. The molecule has 1 saturated heterocycles. The van der Waals surface area contributed by atoms with Crippen molar-refractivity contribution in [1.82, 2.24) is 4.90 Å². The summed E-state index contributed by atoms with van der Waals surface area (Å²) in [5.74, 6) is -2.15. The third kappa shape index (κ3) is 5.37. The number of nitrogens with zero attached hydrogens (tertiary/aromatic N) is 2. The summed E-state index contributed by atoms with van der Waals surface area (Å²) in [6, 6.07) is 3.81. The number of amides is 1. The van der Waals surface area contributed by atoms with Gasteiger partial charge in [0, 0.05) is 24.2 Å². The van der Waals surface area contributed by atoms with E-state index in [-0.39, 0.29) is 39.8 Å². The normalized spacial score (nSPS) is 26.3. The van der Waals surface area contributed by atoms with E-state index < -0.39 is 31.9 Å². The van der Waals surface area contributed by atoms with Crippen molar-refractivity contribution < 1.29 is 26.4 Å². The Morgan fingerprint density at radius 2 is 1.89 bits per heavy atom. The number of fused-ring (bicyclic) bond motifs is 2. The topological polar surface area (TPSA) is 142 Å². The smallest absolute Gasteiger partial charge is 0.286 e. The maximum Gasteiger partial charge on any atom is 0.286 e. The first-order valence-corrected chi connectivity index (χ1v) is 15.3. The lowest BCUT2D eigenvalue weighted by Crippen LogP contribution is -2.60. The molecule has 1 aromatic carbocycles. The Morgan fingerprint density at radius 1 is 1.17 bits per heavy atom. The predicted octanol–water partition coefficient (Wildman–Crippen LogP) is 2.59. The number of nitrogens with one attached hydrogen (secondary N) is 2. The molecule has 0 spiro atoms. The van der Waals surface area contributed by atoms with Crippen LogP contribution in [0.5, 0.6) is 0 Å². The molecule has 1 saturated carbocycles. The van der Waals surface area contributed by atoms with Gasteiger partial charge in [-0.15, -0.1) is 4.40 Å². The van der Waals surface area contributed by atoms with Crippen LogP contribution in [0.4, 0.5) is 11.4 Å². The van der Waals surface area contributed by atoms with E-state index in [9.17, 15) is 26.4 Å². The van der Waals surface area contributed by atoms with Crippen molar-refractivity contribution in [3.8, 4) is 0 Å². The zero-order chi connectivity index (χ0) is 25.5. The number of hydrogen-bond donors (Lipinski definition) is 2. The van der Waals surface area contributed by atoms with E-state index in [0.29, 0.717) is 18.9 Å². The number of Topliss-reactive ketones (excluding diaryl/α,β-unsaturated/α-hetero) is 1. The van der Waals surface area contributed by atoms with E-state index in [0.717, 1.165) is 38.4 Å². The Morgan fingerprint density at radius 3 is 2.57 bits per heavy atom. The van der Waals surface area contributed by atoms with Crippen LogP contribution in [0.25, 0.3) is 0 Å². The highest BCUT2D eigenvalue weighted by molar-refractivity contribution is 7.92. The van der Waals surface area contributed by atoms with Gasteiger partial charge >= 0.3 is 0 Å². The van der Waals surface area contributed by atoms with Gasteiger partial charge in [-0.1, -0.05) is 33.1 Å². The summed E-state index contributed by atoms with van der Waals surface area (Å²) >= 11 is 0. The molecular formula is C23H32N4O6S2. The first kappa shape index (κ1) is 25.6. The van der Waals surface area contributed by atoms with Gasteiger partial charge in [0.05, 0.1) is 11.9 Å². The highest BCUT2D eigenvalue weighted by Crippen LogP contribution is 2.38. The molecule has 0 bridgehead atoms. The molecule has 10 nitrogen and oxygen atoms in total. The standard InChI is InChI=1S/C23H32N4O6S2/c1-14(2)11-12-27-18-8-6-4-5-7-16(18)21(28)20(23(27)29)22-24-17-10-9-15(25-34(3,30)31)13-19(17)35(32,33)26-22/h9-10,13-14,16,18,20,25H,4-8,11-12H2,1-3H3,(H,24,26). The lowest BCUT2D eigenvalue weighted by atomic mass is 9.77. The van der Waals surface area contributed by atoms with Crippen LogP contribution >= 0.6 is 0 Å². The molecule has 0 aromatic heterocycles. The van der Waals surface area contributed by atoms with Gasteiger partial charge in [-0.05, 0) is 43.4 Å². The molecule has 192 valence electrons. The van der Waals surface area contributed by atoms with Gasteiger partial charge in [-0.3, -0.25) is 14.3 Å². The number of amidine groups is 1. The van der Waals surface area contributed by atoms with E-state index in [1.165, 1.54) is 18.2 Å². The molecule has 1 aromatic rings. The van der Waals surface area contributed by atoms with E-state index in [4.69, 9.17) is 0 Å². The summed E-state index contributed by atoms with van der Waals surface area (Å²) in [6.45, 7) is 4.66.